The van der Waals surface area contributed by atoms with E-state index >= 15 is 0 Å². The van der Waals surface area contributed by atoms with Crippen LogP contribution >= 0.6 is 23.2 Å². The van der Waals surface area contributed by atoms with Crippen molar-refractivity contribution in [1.82, 2.24) is 15.0 Å². The molecule has 1 atom stereocenters. The van der Waals surface area contributed by atoms with E-state index in [9.17, 15) is 9.90 Å². The summed E-state index contributed by atoms with van der Waals surface area (Å²) in [6.07, 6.45) is 3.84. The highest BCUT2D eigenvalue weighted by Crippen LogP contribution is 2.30. The van der Waals surface area contributed by atoms with Crippen LogP contribution in [0.4, 0.5) is 5.69 Å². The number of aromatic nitrogens is 3. The quantitative estimate of drug-likeness (QED) is 0.376. The van der Waals surface area contributed by atoms with E-state index in [-0.39, 0.29) is 18.1 Å². The Hall–Kier alpha value is -2.93. The van der Waals surface area contributed by atoms with Crippen LogP contribution in [0.5, 0.6) is 0 Å². The summed E-state index contributed by atoms with van der Waals surface area (Å²) in [5.74, 6) is 0.175. The number of benzene rings is 2. The predicted molar refractivity (Wildman–Crippen MR) is 121 cm³/mol. The van der Waals surface area contributed by atoms with Crippen molar-refractivity contribution in [1.29, 1.82) is 0 Å². The zero-order valence-corrected chi connectivity index (χ0v) is 17.3. The minimum absolute atomic E-state index is 0.0570. The minimum atomic E-state index is -0.329. The Balaban J connectivity index is 1.69. The topological polar surface area (TPSA) is 94.1 Å². The fraction of sp³-hybridized carbons (Fsp3) is 0.136. The van der Waals surface area contributed by atoms with E-state index in [1.54, 1.807) is 24.4 Å². The van der Waals surface area contributed by atoms with Gasteiger partial charge in [0.05, 0.1) is 33.4 Å². The molecule has 0 fully saturated rings. The van der Waals surface area contributed by atoms with Crippen LogP contribution in [0, 0.1) is 5.92 Å². The van der Waals surface area contributed by atoms with Crippen LogP contribution in [0.3, 0.4) is 0 Å². The molecule has 0 radical (unpaired) electrons. The predicted octanol–water partition coefficient (Wildman–Crippen LogP) is 4.78. The van der Waals surface area contributed by atoms with Gasteiger partial charge in [-0.25, -0.2) is 4.98 Å². The highest BCUT2D eigenvalue weighted by Gasteiger charge is 2.15. The van der Waals surface area contributed by atoms with Crippen molar-refractivity contribution in [2.24, 2.45) is 10.9 Å². The number of H-pyrrole nitrogens is 2. The average molecular weight is 441 g/mol. The number of halogens is 2. The van der Waals surface area contributed by atoms with Crippen LogP contribution in [-0.2, 0) is 6.42 Å². The third-order valence-electron chi connectivity index (χ3n) is 4.70. The Bertz CT molecular complexity index is 1230. The number of fused-ring (bicyclic) bond motifs is 1. The largest absolute Gasteiger partial charge is 0.396 e. The maximum Gasteiger partial charge on any atom is 0.261 e. The van der Waals surface area contributed by atoms with Crippen molar-refractivity contribution in [2.75, 3.05) is 6.61 Å². The lowest BCUT2D eigenvalue weighted by Gasteiger charge is -2.09. The lowest BCUT2D eigenvalue weighted by Crippen LogP contribution is -2.12. The van der Waals surface area contributed by atoms with Crippen LogP contribution in [-0.4, -0.2) is 32.9 Å². The van der Waals surface area contributed by atoms with Gasteiger partial charge in [0.1, 0.15) is 11.4 Å². The molecule has 0 aliphatic rings. The Morgan fingerprint density at radius 3 is 2.67 bits per heavy atom. The number of aromatic amines is 2. The molecule has 3 N–H and O–H groups in total. The smallest absolute Gasteiger partial charge is 0.261 e. The normalized spacial score (nSPS) is 12.6. The first kappa shape index (κ1) is 20.3. The summed E-state index contributed by atoms with van der Waals surface area (Å²) in [5, 5.41) is 10.5. The molecule has 2 aromatic carbocycles. The molecule has 6 nitrogen and oxygen atoms in total. The van der Waals surface area contributed by atoms with E-state index in [1.165, 1.54) is 6.20 Å². The molecule has 4 rings (SSSR count). The van der Waals surface area contributed by atoms with Gasteiger partial charge < -0.3 is 15.1 Å². The number of hydrogen-bond donors (Lipinski definition) is 3. The standard InChI is InChI=1S/C22H18Cl2N4O2/c23-15-9-18-19(10-16(15)24)28-21(27-18)20-17(6-7-25-22(20)30)26-11-14(12-29)8-13-4-2-1-3-5-13/h1-7,9-11,14,29H,8,12H2,(H,25,30)(H,27,28). The maximum absolute atomic E-state index is 12.6. The summed E-state index contributed by atoms with van der Waals surface area (Å²) in [5.41, 5.74) is 2.77. The zero-order chi connectivity index (χ0) is 21.1. The van der Waals surface area contributed by atoms with Crippen molar-refractivity contribution in [2.45, 2.75) is 6.42 Å². The summed E-state index contributed by atoms with van der Waals surface area (Å²) in [6.45, 7) is -0.0570. The molecule has 1 unspecified atom stereocenters. The Kier molecular flexibility index (Phi) is 5.99. The second-order valence-corrected chi connectivity index (χ2v) is 7.66. The van der Waals surface area contributed by atoms with Crippen molar-refractivity contribution in [3.8, 4) is 11.4 Å². The number of aliphatic hydroxyl groups is 1. The third kappa shape index (κ3) is 4.31. The number of imidazole rings is 1. The van der Waals surface area contributed by atoms with Crippen LogP contribution in [0.2, 0.25) is 10.0 Å². The number of pyridine rings is 1. The Morgan fingerprint density at radius 1 is 1.13 bits per heavy atom. The van der Waals surface area contributed by atoms with Gasteiger partial charge in [-0.15, -0.1) is 0 Å². The molecule has 0 bridgehead atoms. The van der Waals surface area contributed by atoms with E-state index < -0.39 is 0 Å². The van der Waals surface area contributed by atoms with Crippen LogP contribution in [0.15, 0.2) is 64.5 Å². The minimum Gasteiger partial charge on any atom is -0.396 e. The zero-order valence-electron chi connectivity index (χ0n) is 15.8. The molecular formula is C22H18Cl2N4O2. The summed E-state index contributed by atoms with van der Waals surface area (Å²) >= 11 is 12.1. The van der Waals surface area contributed by atoms with Crippen LogP contribution in [0.1, 0.15) is 5.56 Å². The third-order valence-corrected chi connectivity index (χ3v) is 5.42. The van der Waals surface area contributed by atoms with Gasteiger partial charge >= 0.3 is 0 Å². The fourth-order valence-electron chi connectivity index (χ4n) is 3.19. The molecule has 152 valence electrons. The molecule has 0 saturated heterocycles. The highest BCUT2D eigenvalue weighted by atomic mass is 35.5. The fourth-order valence-corrected chi connectivity index (χ4v) is 3.52. The van der Waals surface area contributed by atoms with Gasteiger partial charge in [0.2, 0.25) is 0 Å². The maximum atomic E-state index is 12.6. The van der Waals surface area contributed by atoms with E-state index in [1.807, 2.05) is 30.3 Å². The van der Waals surface area contributed by atoms with Crippen LogP contribution < -0.4 is 5.56 Å². The SMILES string of the molecule is O=c1[nH]ccc(N=CC(CO)Cc2ccccc2)c1-c1nc2cc(Cl)c(Cl)cc2[nH]1. The second-order valence-electron chi connectivity index (χ2n) is 6.85. The van der Waals surface area contributed by atoms with Crippen molar-refractivity contribution in [3.05, 3.63) is 80.7 Å². The van der Waals surface area contributed by atoms with E-state index in [2.05, 4.69) is 19.9 Å². The number of aliphatic hydroxyl groups excluding tert-OH is 1. The highest BCUT2D eigenvalue weighted by molar-refractivity contribution is 6.42. The van der Waals surface area contributed by atoms with Crippen molar-refractivity contribution >= 4 is 46.1 Å². The van der Waals surface area contributed by atoms with Crippen molar-refractivity contribution in [3.63, 3.8) is 0 Å². The van der Waals surface area contributed by atoms with Gasteiger partial charge in [-0.05, 0) is 30.2 Å². The number of aliphatic imine (C=N–C) groups is 1. The van der Waals surface area contributed by atoms with Gasteiger partial charge in [-0.1, -0.05) is 53.5 Å². The average Bonchev–Trinajstić information content (AvgIpc) is 3.14. The first-order valence-corrected chi connectivity index (χ1v) is 10.1. The molecule has 2 aromatic heterocycles. The Labute approximate surface area is 182 Å². The van der Waals surface area contributed by atoms with Gasteiger partial charge in [-0.3, -0.25) is 9.79 Å². The summed E-state index contributed by atoms with van der Waals surface area (Å²) in [4.78, 5) is 27.3. The first-order valence-electron chi connectivity index (χ1n) is 9.31. The molecule has 2 heterocycles. The van der Waals surface area contributed by atoms with E-state index in [0.29, 0.717) is 44.6 Å². The van der Waals surface area contributed by atoms with Gasteiger partial charge in [0.15, 0.2) is 0 Å². The monoisotopic (exact) mass is 440 g/mol. The van der Waals surface area contributed by atoms with Crippen LogP contribution in [0.25, 0.3) is 22.4 Å². The molecule has 8 heteroatoms. The summed E-state index contributed by atoms with van der Waals surface area (Å²) in [6, 6.07) is 14.8. The number of rotatable bonds is 6. The number of nitrogens with zero attached hydrogens (tertiary/aromatic N) is 2. The molecule has 0 spiro atoms. The van der Waals surface area contributed by atoms with Gasteiger partial charge in [-0.2, -0.15) is 0 Å². The number of nitrogens with one attached hydrogen (secondary N) is 2. The lowest BCUT2D eigenvalue weighted by molar-refractivity contribution is 0.263. The van der Waals surface area contributed by atoms with E-state index in [4.69, 9.17) is 23.2 Å². The lowest BCUT2D eigenvalue weighted by atomic mass is 10.0. The second kappa shape index (κ2) is 8.83. The molecular weight excluding hydrogens is 423 g/mol. The first-order chi connectivity index (χ1) is 14.5. The van der Waals surface area contributed by atoms with Gasteiger partial charge in [0.25, 0.3) is 5.56 Å². The molecule has 0 amide bonds. The molecule has 0 saturated carbocycles. The Morgan fingerprint density at radius 2 is 1.90 bits per heavy atom. The number of hydrogen-bond acceptors (Lipinski definition) is 4. The molecule has 0 aliphatic heterocycles. The summed E-state index contributed by atoms with van der Waals surface area (Å²) in [7, 11) is 0. The molecule has 4 aromatic rings. The van der Waals surface area contributed by atoms with E-state index in [0.717, 1.165) is 5.56 Å². The molecule has 30 heavy (non-hydrogen) atoms. The summed E-state index contributed by atoms with van der Waals surface area (Å²) < 4.78 is 0. The van der Waals surface area contributed by atoms with Gasteiger partial charge in [0, 0.05) is 18.3 Å². The van der Waals surface area contributed by atoms with Crippen molar-refractivity contribution < 1.29 is 5.11 Å². The molecule has 0 aliphatic carbocycles.